The van der Waals surface area contributed by atoms with Crippen LogP contribution in [0.5, 0.6) is 11.5 Å². The predicted octanol–water partition coefficient (Wildman–Crippen LogP) is 7.43. The number of nitrogens with zero attached hydrogens (tertiary/aromatic N) is 5. The number of urea groups is 1. The molecule has 3 aromatic carbocycles. The number of ether oxygens (including phenoxy) is 1. The summed E-state index contributed by atoms with van der Waals surface area (Å²) in [4.78, 5) is 15.3. The van der Waals surface area contributed by atoms with Crippen LogP contribution in [0, 0.1) is 0 Å². The lowest BCUT2D eigenvalue weighted by molar-refractivity contribution is 0.202. The molecule has 3 aromatic heterocycles. The molecule has 11 nitrogen and oxygen atoms in total. The molecule has 0 spiro atoms. The molecule has 0 saturated carbocycles. The number of phenols is 1. The van der Waals surface area contributed by atoms with Crippen LogP contribution in [-0.4, -0.2) is 65.8 Å². The van der Waals surface area contributed by atoms with E-state index < -0.39 is 6.03 Å². The van der Waals surface area contributed by atoms with Crippen molar-refractivity contribution < 1.29 is 19.7 Å². The second kappa shape index (κ2) is 15.5. The van der Waals surface area contributed by atoms with Gasteiger partial charge in [-0.05, 0) is 54.3 Å². The van der Waals surface area contributed by atoms with Gasteiger partial charge in [0, 0.05) is 45.8 Å². The minimum Gasteiger partial charge on any atom is -0.506 e. The minimum atomic E-state index is -0.406. The van der Waals surface area contributed by atoms with E-state index in [9.17, 15) is 15.0 Å². The minimum absolute atomic E-state index is 0.0781. The number of pyridine rings is 1. The first-order valence-corrected chi connectivity index (χ1v) is 18.3. The summed E-state index contributed by atoms with van der Waals surface area (Å²) in [7, 11) is 0. The van der Waals surface area contributed by atoms with Crippen molar-refractivity contribution in [3.05, 3.63) is 107 Å². The average molecular weight is 730 g/mol. The first kappa shape index (κ1) is 35.1. The number of nitrogens with one attached hydrogen (secondary N) is 2. The number of carbonyl (C=O) groups is 1. The van der Waals surface area contributed by atoms with E-state index in [0.717, 1.165) is 32.4 Å². The van der Waals surface area contributed by atoms with Crippen LogP contribution >= 0.6 is 35.1 Å². The molecule has 0 saturated heterocycles. The van der Waals surface area contributed by atoms with Gasteiger partial charge in [-0.1, -0.05) is 67.5 Å². The number of fused-ring (bicyclic) bond motifs is 1. The number of benzene rings is 3. The van der Waals surface area contributed by atoms with Crippen LogP contribution in [0.3, 0.4) is 0 Å². The Kier molecular flexibility index (Phi) is 10.9. The van der Waals surface area contributed by atoms with Crippen LogP contribution in [0.1, 0.15) is 25.1 Å². The van der Waals surface area contributed by atoms with Gasteiger partial charge in [0.1, 0.15) is 23.9 Å². The van der Waals surface area contributed by atoms with E-state index in [4.69, 9.17) is 21.4 Å². The van der Waals surface area contributed by atoms with Gasteiger partial charge in [0.25, 0.3) is 0 Å². The van der Waals surface area contributed by atoms with Gasteiger partial charge in [0.15, 0.2) is 11.5 Å². The van der Waals surface area contributed by atoms with Gasteiger partial charge in [-0.15, -0.1) is 10.2 Å². The number of halogens is 1. The van der Waals surface area contributed by atoms with E-state index >= 15 is 0 Å². The average Bonchev–Trinajstić information content (AvgIpc) is 3.73. The van der Waals surface area contributed by atoms with Gasteiger partial charge >= 0.3 is 6.03 Å². The lowest BCUT2D eigenvalue weighted by Gasteiger charge is -2.20. The number of aliphatic hydroxyl groups excluding tert-OH is 1. The number of para-hydroxylation sites is 1. The molecule has 0 bridgehead atoms. The summed E-state index contributed by atoms with van der Waals surface area (Å²) >= 11 is 9.34. The topological polar surface area (TPSA) is 139 Å². The van der Waals surface area contributed by atoms with Crippen LogP contribution in [-0.2, 0) is 12.0 Å². The monoisotopic (exact) mass is 729 g/mol. The molecule has 0 fully saturated rings. The van der Waals surface area contributed by atoms with E-state index in [1.807, 2.05) is 83.6 Å². The second-order valence-electron chi connectivity index (χ2n) is 12.0. The maximum atomic E-state index is 13.3. The molecular weight excluding hydrogens is 694 g/mol. The van der Waals surface area contributed by atoms with Gasteiger partial charge in [0.05, 0.1) is 28.6 Å². The van der Waals surface area contributed by atoms with E-state index in [1.165, 1.54) is 6.07 Å². The maximum absolute atomic E-state index is 13.3. The Hall–Kier alpha value is -4.69. The zero-order valence-corrected chi connectivity index (χ0v) is 30.0. The third-order valence-electron chi connectivity index (χ3n) is 7.82. The Bertz CT molecular complexity index is 2140. The molecule has 6 rings (SSSR count). The number of rotatable bonds is 13. The molecule has 0 unspecified atom stereocenters. The summed E-state index contributed by atoms with van der Waals surface area (Å²) in [5.41, 5.74) is 3.46. The third kappa shape index (κ3) is 7.86. The smallest absolute Gasteiger partial charge is 0.320 e. The lowest BCUT2D eigenvalue weighted by atomic mass is 9.92. The molecule has 14 heteroatoms. The van der Waals surface area contributed by atoms with Crippen molar-refractivity contribution in [2.45, 2.75) is 35.6 Å². The highest BCUT2D eigenvalue weighted by atomic mass is 35.5. The highest BCUT2D eigenvalue weighted by molar-refractivity contribution is 7.99. The van der Waals surface area contributed by atoms with Gasteiger partial charge in [-0.3, -0.25) is 9.72 Å². The largest absolute Gasteiger partial charge is 0.506 e. The number of aliphatic hydroxyl groups is 1. The number of carbonyl (C=O) groups excluding carboxylic acids is 1. The third-order valence-corrected chi connectivity index (χ3v) is 10.2. The van der Waals surface area contributed by atoms with Gasteiger partial charge in [-0.2, -0.15) is 16.9 Å². The van der Waals surface area contributed by atoms with Crippen molar-refractivity contribution in [1.82, 2.24) is 29.7 Å². The number of aromatic nitrogens is 5. The van der Waals surface area contributed by atoms with Crippen LogP contribution in [0.25, 0.3) is 22.7 Å². The van der Waals surface area contributed by atoms with Crippen LogP contribution < -0.4 is 15.4 Å². The summed E-state index contributed by atoms with van der Waals surface area (Å²) in [5.74, 6) is 2.44. The molecule has 0 aliphatic carbocycles. The Morgan fingerprint density at radius 2 is 1.82 bits per heavy atom. The summed E-state index contributed by atoms with van der Waals surface area (Å²) in [6, 6.07) is 25.6. The van der Waals surface area contributed by atoms with Crippen molar-refractivity contribution in [3.8, 4) is 28.6 Å². The number of thioether (sulfide) groups is 1. The molecule has 50 heavy (non-hydrogen) atoms. The van der Waals surface area contributed by atoms with Crippen molar-refractivity contribution >= 4 is 52.6 Å². The fourth-order valence-electron chi connectivity index (χ4n) is 5.33. The molecule has 0 aliphatic heterocycles. The fourth-order valence-corrected chi connectivity index (χ4v) is 7.28. The summed E-state index contributed by atoms with van der Waals surface area (Å²) in [6.45, 7) is 4.55. The molecule has 0 radical (unpaired) electrons. The molecule has 6 aromatic rings. The molecule has 4 N–H and O–H groups in total. The fraction of sp³-hybridized carbons (Fsp3) is 0.222. The number of amides is 2. The van der Waals surface area contributed by atoms with Crippen molar-refractivity contribution in [1.29, 1.82) is 0 Å². The summed E-state index contributed by atoms with van der Waals surface area (Å²) in [6.07, 6.45) is 4.02. The number of phenolic OH excluding ortho intramolecular Hbond substituents is 1. The molecule has 258 valence electrons. The Balaban J connectivity index is 1.20. The Morgan fingerprint density at radius 1 is 1.02 bits per heavy atom. The first-order valence-electron chi connectivity index (χ1n) is 15.7. The van der Waals surface area contributed by atoms with Gasteiger partial charge < -0.3 is 20.3 Å². The quantitative estimate of drug-likeness (QED) is 0.0956. The molecule has 0 aliphatic rings. The van der Waals surface area contributed by atoms with Crippen LogP contribution in [0.15, 0.2) is 101 Å². The summed E-state index contributed by atoms with van der Waals surface area (Å²) < 4.78 is 9.26. The highest BCUT2D eigenvalue weighted by Gasteiger charge is 2.26. The number of aromatic hydroxyl groups is 1. The number of hydrogen-bond acceptors (Lipinski definition) is 9. The molecule has 0 atom stereocenters. The lowest BCUT2D eigenvalue weighted by Crippen LogP contribution is -2.29. The summed E-state index contributed by atoms with van der Waals surface area (Å²) in [5, 5.41) is 39.3. The second-order valence-corrected chi connectivity index (χ2v) is 14.4. The standard InChI is InChI=1S/C36H36ClN7O4S2/c1-36(2,22-49-3)31-19-33(44(42-31)24-12-14-27(37)28(46)18-24)39-35(47)38-20-23-8-4-7-11-30(23)50-25-13-15-32-40-41-34(43(32)21-25)26-9-5-6-10-29(26)48-17-16-45/h4-15,18-19,21,45-46H,16-17,20,22H2,1-3H3,(H2,38,39,47). The molecular formula is C36H36ClN7O4S2. The van der Waals surface area contributed by atoms with E-state index in [1.54, 1.807) is 40.3 Å². The zero-order chi connectivity index (χ0) is 35.3. The van der Waals surface area contributed by atoms with E-state index in [-0.39, 0.29) is 35.9 Å². The van der Waals surface area contributed by atoms with Gasteiger partial charge in [0.2, 0.25) is 0 Å². The normalized spacial score (nSPS) is 11.5. The van der Waals surface area contributed by atoms with Crippen molar-refractivity contribution in [3.63, 3.8) is 0 Å². The first-order chi connectivity index (χ1) is 24.2. The molecule has 2 amide bonds. The van der Waals surface area contributed by atoms with Gasteiger partial charge in [-0.25, -0.2) is 9.48 Å². The van der Waals surface area contributed by atoms with E-state index in [2.05, 4.69) is 34.7 Å². The van der Waals surface area contributed by atoms with E-state index in [0.29, 0.717) is 28.7 Å². The van der Waals surface area contributed by atoms with Crippen LogP contribution in [0.4, 0.5) is 10.6 Å². The highest BCUT2D eigenvalue weighted by Crippen LogP contribution is 2.34. The maximum Gasteiger partial charge on any atom is 0.320 e. The molecule has 3 heterocycles. The van der Waals surface area contributed by atoms with Crippen molar-refractivity contribution in [2.24, 2.45) is 0 Å². The zero-order valence-electron chi connectivity index (χ0n) is 27.6. The Morgan fingerprint density at radius 3 is 2.62 bits per heavy atom. The number of anilines is 1. The van der Waals surface area contributed by atoms with Crippen molar-refractivity contribution in [2.75, 3.05) is 30.5 Å². The predicted molar refractivity (Wildman–Crippen MR) is 199 cm³/mol. The number of hydrogen-bond donors (Lipinski definition) is 4. The van der Waals surface area contributed by atoms with Crippen LogP contribution in [0.2, 0.25) is 5.02 Å². The SMILES string of the molecule is CSCC(C)(C)c1cc(NC(=O)NCc2ccccc2Sc2ccc3nnc(-c4ccccc4OCCO)n3c2)n(-c2ccc(Cl)c(O)c2)n1. The Labute approximate surface area is 303 Å².